The molecule has 1 N–H and O–H groups in total. The minimum absolute atomic E-state index is 0.371. The molecule has 1 aromatic rings. The summed E-state index contributed by atoms with van der Waals surface area (Å²) in [6.07, 6.45) is 2.33. The molecule has 0 amide bonds. The Morgan fingerprint density at radius 1 is 1.22 bits per heavy atom. The Bertz CT molecular complexity index is 364. The van der Waals surface area contributed by atoms with Crippen LogP contribution in [-0.4, -0.2) is 13.7 Å². The van der Waals surface area contributed by atoms with Crippen LogP contribution >= 0.6 is 11.6 Å². The van der Waals surface area contributed by atoms with Crippen LogP contribution in [0, 0.1) is 5.92 Å². The topological polar surface area (TPSA) is 21.3 Å². The molecule has 0 saturated carbocycles. The summed E-state index contributed by atoms with van der Waals surface area (Å²) >= 11 is 6.08. The fraction of sp³-hybridized carbons (Fsp3) is 0.600. The summed E-state index contributed by atoms with van der Waals surface area (Å²) in [6, 6.07) is 6.43. The van der Waals surface area contributed by atoms with E-state index < -0.39 is 0 Å². The number of halogens is 1. The van der Waals surface area contributed by atoms with Crippen molar-refractivity contribution in [3.05, 3.63) is 28.8 Å². The van der Waals surface area contributed by atoms with E-state index in [9.17, 15) is 0 Å². The highest BCUT2D eigenvalue weighted by Gasteiger charge is 2.20. The van der Waals surface area contributed by atoms with Crippen LogP contribution in [0.2, 0.25) is 5.02 Å². The van der Waals surface area contributed by atoms with Crippen LogP contribution in [0.1, 0.15) is 45.2 Å². The summed E-state index contributed by atoms with van der Waals surface area (Å²) < 4.78 is 5.30. The second-order valence-electron chi connectivity index (χ2n) is 4.51. The van der Waals surface area contributed by atoms with Crippen molar-refractivity contribution in [3.63, 3.8) is 0 Å². The molecule has 1 rings (SSSR count). The van der Waals surface area contributed by atoms with Gasteiger partial charge in [0, 0.05) is 6.04 Å². The number of rotatable bonds is 7. The van der Waals surface area contributed by atoms with E-state index in [4.69, 9.17) is 16.3 Å². The van der Waals surface area contributed by atoms with Crippen molar-refractivity contribution < 1.29 is 4.74 Å². The first-order valence-corrected chi connectivity index (χ1v) is 7.12. The van der Waals surface area contributed by atoms with E-state index in [1.807, 2.05) is 12.1 Å². The zero-order valence-corrected chi connectivity index (χ0v) is 12.6. The Morgan fingerprint density at radius 3 is 2.39 bits per heavy atom. The SMILES string of the molecule is CCNC(c1ccc(Cl)c(OC)c1)C(CC)CC. The first kappa shape index (κ1) is 15.3. The van der Waals surface area contributed by atoms with Gasteiger partial charge in [0.05, 0.1) is 12.1 Å². The van der Waals surface area contributed by atoms with Gasteiger partial charge >= 0.3 is 0 Å². The molecular formula is C15H24ClNO. The Labute approximate surface area is 116 Å². The van der Waals surface area contributed by atoms with E-state index in [1.165, 1.54) is 18.4 Å². The monoisotopic (exact) mass is 269 g/mol. The van der Waals surface area contributed by atoms with Gasteiger partial charge in [-0.05, 0) is 30.2 Å². The van der Waals surface area contributed by atoms with Gasteiger partial charge < -0.3 is 10.1 Å². The quantitative estimate of drug-likeness (QED) is 0.790. The number of hydrogen-bond donors (Lipinski definition) is 1. The molecule has 0 radical (unpaired) electrons. The third-order valence-corrected chi connectivity index (χ3v) is 3.79. The maximum Gasteiger partial charge on any atom is 0.137 e. The van der Waals surface area contributed by atoms with Crippen LogP contribution < -0.4 is 10.1 Å². The van der Waals surface area contributed by atoms with Gasteiger partial charge in [-0.1, -0.05) is 51.3 Å². The molecule has 3 heteroatoms. The second kappa shape index (κ2) is 7.65. The number of ether oxygens (including phenoxy) is 1. The molecule has 1 aromatic carbocycles. The molecule has 102 valence electrons. The minimum Gasteiger partial charge on any atom is -0.495 e. The maximum absolute atomic E-state index is 6.08. The number of methoxy groups -OCH3 is 1. The standard InChI is InChI=1S/C15H24ClNO/c1-5-11(6-2)15(17-7-3)12-8-9-13(16)14(10-12)18-4/h8-11,15,17H,5-7H2,1-4H3. The van der Waals surface area contributed by atoms with Crippen molar-refractivity contribution in [2.45, 2.75) is 39.7 Å². The molecule has 0 aromatic heterocycles. The number of benzene rings is 1. The molecule has 0 spiro atoms. The van der Waals surface area contributed by atoms with Crippen LogP contribution in [0.5, 0.6) is 5.75 Å². The van der Waals surface area contributed by atoms with E-state index in [2.05, 4.69) is 32.2 Å². The molecule has 0 fully saturated rings. The second-order valence-corrected chi connectivity index (χ2v) is 4.91. The highest BCUT2D eigenvalue weighted by Crippen LogP contribution is 2.32. The fourth-order valence-electron chi connectivity index (χ4n) is 2.41. The number of hydrogen-bond acceptors (Lipinski definition) is 2. The molecule has 0 aliphatic carbocycles. The number of nitrogens with one attached hydrogen (secondary N) is 1. The predicted molar refractivity (Wildman–Crippen MR) is 78.5 cm³/mol. The van der Waals surface area contributed by atoms with Gasteiger partial charge in [-0.3, -0.25) is 0 Å². The largest absolute Gasteiger partial charge is 0.495 e. The molecule has 18 heavy (non-hydrogen) atoms. The predicted octanol–water partition coefficient (Wildman–Crippen LogP) is 4.44. The average molecular weight is 270 g/mol. The fourth-order valence-corrected chi connectivity index (χ4v) is 2.60. The van der Waals surface area contributed by atoms with Crippen LogP contribution in [0.3, 0.4) is 0 Å². The Balaban J connectivity index is 3.04. The van der Waals surface area contributed by atoms with Gasteiger partial charge in [0.25, 0.3) is 0 Å². The third kappa shape index (κ3) is 3.63. The first-order chi connectivity index (χ1) is 8.67. The summed E-state index contributed by atoms with van der Waals surface area (Å²) in [6.45, 7) is 7.59. The summed E-state index contributed by atoms with van der Waals surface area (Å²) in [7, 11) is 1.66. The summed E-state index contributed by atoms with van der Waals surface area (Å²) in [5.74, 6) is 1.39. The van der Waals surface area contributed by atoms with Gasteiger partial charge in [-0.15, -0.1) is 0 Å². The molecule has 0 bridgehead atoms. The van der Waals surface area contributed by atoms with Crippen molar-refractivity contribution >= 4 is 11.6 Å². The van der Waals surface area contributed by atoms with Gasteiger partial charge in [0.1, 0.15) is 5.75 Å². The van der Waals surface area contributed by atoms with Crippen molar-refractivity contribution in [3.8, 4) is 5.75 Å². The van der Waals surface area contributed by atoms with Gasteiger partial charge in [-0.2, -0.15) is 0 Å². The molecule has 0 aliphatic heterocycles. The molecule has 1 unspecified atom stereocenters. The molecular weight excluding hydrogens is 246 g/mol. The van der Waals surface area contributed by atoms with Crippen LogP contribution in [-0.2, 0) is 0 Å². The smallest absolute Gasteiger partial charge is 0.137 e. The van der Waals surface area contributed by atoms with E-state index in [1.54, 1.807) is 7.11 Å². The zero-order valence-electron chi connectivity index (χ0n) is 11.8. The van der Waals surface area contributed by atoms with Crippen molar-refractivity contribution in [1.82, 2.24) is 5.32 Å². The normalized spacial score (nSPS) is 12.8. The molecule has 2 nitrogen and oxygen atoms in total. The lowest BCUT2D eigenvalue weighted by Gasteiger charge is -2.27. The molecule has 1 atom stereocenters. The highest BCUT2D eigenvalue weighted by molar-refractivity contribution is 6.32. The summed E-state index contributed by atoms with van der Waals surface area (Å²) in [4.78, 5) is 0. The lowest BCUT2D eigenvalue weighted by Crippen LogP contribution is -2.27. The van der Waals surface area contributed by atoms with Gasteiger partial charge in [0.15, 0.2) is 0 Å². The van der Waals surface area contributed by atoms with Gasteiger partial charge in [-0.25, -0.2) is 0 Å². The first-order valence-electron chi connectivity index (χ1n) is 6.74. The Kier molecular flexibility index (Phi) is 6.51. The molecule has 0 heterocycles. The Morgan fingerprint density at radius 2 is 1.89 bits per heavy atom. The summed E-state index contributed by atoms with van der Waals surface area (Å²) in [5, 5.41) is 4.24. The van der Waals surface area contributed by atoms with E-state index in [-0.39, 0.29) is 0 Å². The maximum atomic E-state index is 6.08. The van der Waals surface area contributed by atoms with Crippen molar-refractivity contribution in [2.75, 3.05) is 13.7 Å². The summed E-state index contributed by atoms with van der Waals surface area (Å²) in [5.41, 5.74) is 1.26. The molecule has 0 saturated heterocycles. The lowest BCUT2D eigenvalue weighted by atomic mass is 9.88. The van der Waals surface area contributed by atoms with Crippen LogP contribution in [0.15, 0.2) is 18.2 Å². The van der Waals surface area contributed by atoms with Crippen molar-refractivity contribution in [2.24, 2.45) is 5.92 Å². The van der Waals surface area contributed by atoms with Gasteiger partial charge in [0.2, 0.25) is 0 Å². The third-order valence-electron chi connectivity index (χ3n) is 3.48. The van der Waals surface area contributed by atoms with E-state index >= 15 is 0 Å². The average Bonchev–Trinajstić information content (AvgIpc) is 2.40. The van der Waals surface area contributed by atoms with Crippen LogP contribution in [0.25, 0.3) is 0 Å². The Hall–Kier alpha value is -0.730. The highest BCUT2D eigenvalue weighted by atomic mass is 35.5. The molecule has 0 aliphatic rings. The minimum atomic E-state index is 0.371. The van der Waals surface area contributed by atoms with E-state index in [0.717, 1.165) is 12.3 Å². The lowest BCUT2D eigenvalue weighted by molar-refractivity contribution is 0.344. The van der Waals surface area contributed by atoms with E-state index in [0.29, 0.717) is 17.0 Å². The van der Waals surface area contributed by atoms with Crippen LogP contribution in [0.4, 0.5) is 0 Å². The zero-order chi connectivity index (χ0) is 13.5. The van der Waals surface area contributed by atoms with Crippen molar-refractivity contribution in [1.29, 1.82) is 0 Å².